The summed E-state index contributed by atoms with van der Waals surface area (Å²) in [7, 11) is 0. The van der Waals surface area contributed by atoms with Crippen LogP contribution in [0.3, 0.4) is 0 Å². The molecule has 1 aliphatic rings. The van der Waals surface area contributed by atoms with Gasteiger partial charge in [0.05, 0.1) is 11.3 Å². The van der Waals surface area contributed by atoms with E-state index in [-0.39, 0.29) is 5.56 Å². The molecule has 1 saturated carbocycles. The van der Waals surface area contributed by atoms with Crippen molar-refractivity contribution in [1.29, 1.82) is 0 Å². The summed E-state index contributed by atoms with van der Waals surface area (Å²) in [5.74, 6) is 0.192. The van der Waals surface area contributed by atoms with Crippen molar-refractivity contribution in [2.45, 2.75) is 39.2 Å². The standard InChI is InChI=1S/C15H20FNO/c1-11(2)8-9-17(12-6-7-12)15-5-3-4-14(16)13(15)10-18/h3-5,10-12H,6-9H2,1-2H3. The summed E-state index contributed by atoms with van der Waals surface area (Å²) in [5, 5.41) is 0. The monoisotopic (exact) mass is 249 g/mol. The van der Waals surface area contributed by atoms with Gasteiger partial charge in [-0.25, -0.2) is 4.39 Å². The van der Waals surface area contributed by atoms with Gasteiger partial charge in [-0.3, -0.25) is 4.79 Å². The highest BCUT2D eigenvalue weighted by atomic mass is 19.1. The van der Waals surface area contributed by atoms with Crippen LogP contribution in [0.1, 0.15) is 43.5 Å². The average Bonchev–Trinajstić information content (AvgIpc) is 3.13. The van der Waals surface area contributed by atoms with Gasteiger partial charge in [0.25, 0.3) is 0 Å². The van der Waals surface area contributed by atoms with Gasteiger partial charge in [-0.2, -0.15) is 0 Å². The van der Waals surface area contributed by atoms with Crippen LogP contribution in [0, 0.1) is 11.7 Å². The molecule has 1 aromatic carbocycles. The second kappa shape index (κ2) is 5.51. The predicted octanol–water partition coefficient (Wildman–Crippen LogP) is 3.65. The highest BCUT2D eigenvalue weighted by Gasteiger charge is 2.30. The molecule has 0 radical (unpaired) electrons. The van der Waals surface area contributed by atoms with E-state index in [1.165, 1.54) is 6.07 Å². The zero-order valence-corrected chi connectivity index (χ0v) is 11.0. The molecule has 0 aliphatic heterocycles. The van der Waals surface area contributed by atoms with Crippen molar-refractivity contribution < 1.29 is 9.18 Å². The van der Waals surface area contributed by atoms with Crippen LogP contribution in [-0.2, 0) is 0 Å². The number of carbonyl (C=O) groups excluding carboxylic acids is 1. The summed E-state index contributed by atoms with van der Waals surface area (Å²) in [6.45, 7) is 5.25. The maximum Gasteiger partial charge on any atom is 0.155 e. The summed E-state index contributed by atoms with van der Waals surface area (Å²) in [6.07, 6.45) is 3.99. The summed E-state index contributed by atoms with van der Waals surface area (Å²) in [4.78, 5) is 13.3. The number of anilines is 1. The molecule has 0 saturated heterocycles. The molecule has 0 N–H and O–H groups in total. The number of nitrogens with zero attached hydrogens (tertiary/aromatic N) is 1. The van der Waals surface area contributed by atoms with Crippen LogP contribution < -0.4 is 4.90 Å². The number of aldehydes is 1. The first-order chi connectivity index (χ1) is 8.63. The van der Waals surface area contributed by atoms with Crippen LogP contribution in [0.15, 0.2) is 18.2 Å². The quantitative estimate of drug-likeness (QED) is 0.717. The molecule has 0 aromatic heterocycles. The van der Waals surface area contributed by atoms with E-state index in [0.29, 0.717) is 18.2 Å². The van der Waals surface area contributed by atoms with E-state index in [1.807, 2.05) is 6.07 Å². The lowest BCUT2D eigenvalue weighted by Crippen LogP contribution is -2.29. The number of carbonyl (C=O) groups is 1. The largest absolute Gasteiger partial charge is 0.368 e. The van der Waals surface area contributed by atoms with E-state index < -0.39 is 5.82 Å². The van der Waals surface area contributed by atoms with Gasteiger partial charge >= 0.3 is 0 Å². The van der Waals surface area contributed by atoms with Gasteiger partial charge in [0.1, 0.15) is 5.82 Å². The van der Waals surface area contributed by atoms with Crippen LogP contribution in [0.4, 0.5) is 10.1 Å². The molecule has 0 spiro atoms. The molecule has 0 heterocycles. The van der Waals surface area contributed by atoms with Crippen molar-refractivity contribution in [3.8, 4) is 0 Å². The summed E-state index contributed by atoms with van der Waals surface area (Å²) in [5.41, 5.74) is 0.960. The lowest BCUT2D eigenvalue weighted by atomic mass is 10.1. The number of hydrogen-bond acceptors (Lipinski definition) is 2. The van der Waals surface area contributed by atoms with Gasteiger partial charge < -0.3 is 4.90 Å². The van der Waals surface area contributed by atoms with Crippen molar-refractivity contribution in [3.63, 3.8) is 0 Å². The van der Waals surface area contributed by atoms with Gasteiger partial charge in [-0.05, 0) is 37.3 Å². The van der Waals surface area contributed by atoms with E-state index in [2.05, 4.69) is 18.7 Å². The molecule has 1 fully saturated rings. The Bertz CT molecular complexity index is 427. The first kappa shape index (κ1) is 13.1. The minimum absolute atomic E-state index is 0.202. The van der Waals surface area contributed by atoms with Crippen LogP contribution in [0.5, 0.6) is 0 Å². The second-order valence-corrected chi connectivity index (χ2v) is 5.40. The maximum absolute atomic E-state index is 13.6. The zero-order valence-electron chi connectivity index (χ0n) is 11.0. The van der Waals surface area contributed by atoms with Crippen LogP contribution >= 0.6 is 0 Å². The molecule has 0 amide bonds. The minimum atomic E-state index is -0.419. The van der Waals surface area contributed by atoms with Gasteiger partial charge in [0.2, 0.25) is 0 Å². The minimum Gasteiger partial charge on any atom is -0.368 e. The smallest absolute Gasteiger partial charge is 0.155 e. The first-order valence-electron chi connectivity index (χ1n) is 6.63. The molecular weight excluding hydrogens is 229 g/mol. The molecule has 2 nitrogen and oxygen atoms in total. The van der Waals surface area contributed by atoms with E-state index in [1.54, 1.807) is 6.07 Å². The molecular formula is C15H20FNO. The van der Waals surface area contributed by atoms with Crippen LogP contribution in [0.2, 0.25) is 0 Å². The van der Waals surface area contributed by atoms with Crippen molar-refractivity contribution in [2.24, 2.45) is 5.92 Å². The van der Waals surface area contributed by atoms with E-state index in [9.17, 15) is 9.18 Å². The van der Waals surface area contributed by atoms with E-state index in [0.717, 1.165) is 31.5 Å². The number of halogens is 1. The fourth-order valence-corrected chi connectivity index (χ4v) is 2.18. The van der Waals surface area contributed by atoms with Gasteiger partial charge in [-0.1, -0.05) is 19.9 Å². The maximum atomic E-state index is 13.6. The molecule has 3 heteroatoms. The van der Waals surface area contributed by atoms with Crippen LogP contribution in [-0.4, -0.2) is 18.9 Å². The Balaban J connectivity index is 2.24. The van der Waals surface area contributed by atoms with Crippen LogP contribution in [0.25, 0.3) is 0 Å². The molecule has 0 atom stereocenters. The van der Waals surface area contributed by atoms with Crippen molar-refractivity contribution in [2.75, 3.05) is 11.4 Å². The fraction of sp³-hybridized carbons (Fsp3) is 0.533. The normalized spacial score (nSPS) is 14.9. The number of rotatable bonds is 6. The van der Waals surface area contributed by atoms with Crippen molar-refractivity contribution in [3.05, 3.63) is 29.6 Å². The van der Waals surface area contributed by atoms with Gasteiger partial charge in [0, 0.05) is 12.6 Å². The molecule has 18 heavy (non-hydrogen) atoms. The Kier molecular flexibility index (Phi) is 4.00. The third kappa shape index (κ3) is 2.89. The Labute approximate surface area is 108 Å². The fourth-order valence-electron chi connectivity index (χ4n) is 2.18. The Morgan fingerprint density at radius 3 is 2.72 bits per heavy atom. The highest BCUT2D eigenvalue weighted by molar-refractivity contribution is 5.85. The highest BCUT2D eigenvalue weighted by Crippen LogP contribution is 2.34. The zero-order chi connectivity index (χ0) is 13.1. The second-order valence-electron chi connectivity index (χ2n) is 5.40. The average molecular weight is 249 g/mol. The molecule has 98 valence electrons. The molecule has 0 unspecified atom stereocenters. The van der Waals surface area contributed by atoms with Crippen molar-refractivity contribution in [1.82, 2.24) is 0 Å². The third-order valence-corrected chi connectivity index (χ3v) is 3.39. The Morgan fingerprint density at radius 1 is 1.44 bits per heavy atom. The Hall–Kier alpha value is -1.38. The molecule has 1 aliphatic carbocycles. The van der Waals surface area contributed by atoms with E-state index >= 15 is 0 Å². The molecule has 1 aromatic rings. The van der Waals surface area contributed by atoms with Gasteiger partial charge in [-0.15, -0.1) is 0 Å². The van der Waals surface area contributed by atoms with Crippen molar-refractivity contribution >= 4 is 12.0 Å². The van der Waals surface area contributed by atoms with Gasteiger partial charge in [0.15, 0.2) is 6.29 Å². The molecule has 2 rings (SSSR count). The first-order valence-corrected chi connectivity index (χ1v) is 6.63. The van der Waals surface area contributed by atoms with E-state index in [4.69, 9.17) is 0 Å². The molecule has 0 bridgehead atoms. The SMILES string of the molecule is CC(C)CCN(c1cccc(F)c1C=O)C1CC1. The lowest BCUT2D eigenvalue weighted by Gasteiger charge is -2.27. The topological polar surface area (TPSA) is 20.3 Å². The predicted molar refractivity (Wildman–Crippen MR) is 71.6 cm³/mol. The summed E-state index contributed by atoms with van der Waals surface area (Å²) in [6, 6.07) is 5.37. The third-order valence-electron chi connectivity index (χ3n) is 3.39. The Morgan fingerprint density at radius 2 is 2.17 bits per heavy atom. The summed E-state index contributed by atoms with van der Waals surface area (Å²) >= 11 is 0. The number of hydrogen-bond donors (Lipinski definition) is 0. The number of benzene rings is 1. The lowest BCUT2D eigenvalue weighted by molar-refractivity contribution is 0.112. The summed E-state index contributed by atoms with van der Waals surface area (Å²) < 4.78 is 13.6.